The van der Waals surface area contributed by atoms with Crippen molar-refractivity contribution < 1.29 is 23.9 Å². The highest BCUT2D eigenvalue weighted by molar-refractivity contribution is 6.05. The molecule has 1 fully saturated rings. The van der Waals surface area contributed by atoms with Crippen LogP contribution in [0.25, 0.3) is 0 Å². The lowest BCUT2D eigenvalue weighted by molar-refractivity contribution is -0.117. The van der Waals surface area contributed by atoms with Gasteiger partial charge in [-0.25, -0.2) is 0 Å². The molecule has 1 aromatic carbocycles. The van der Waals surface area contributed by atoms with E-state index in [9.17, 15) is 14.4 Å². The van der Waals surface area contributed by atoms with Crippen molar-refractivity contribution in [2.24, 2.45) is 0 Å². The van der Waals surface area contributed by atoms with Gasteiger partial charge in [-0.2, -0.15) is 0 Å². The Bertz CT molecular complexity index is 987. The number of nitrogens with zero attached hydrogens (tertiary/aromatic N) is 3. The van der Waals surface area contributed by atoms with Crippen molar-refractivity contribution >= 4 is 23.3 Å². The van der Waals surface area contributed by atoms with Crippen LogP contribution in [0.1, 0.15) is 27.6 Å². The average molecular weight is 424 g/mol. The number of benzene rings is 1. The summed E-state index contributed by atoms with van der Waals surface area (Å²) in [5, 5.41) is 2.82. The monoisotopic (exact) mass is 424 g/mol. The Hall–Kier alpha value is -3.46. The third-order valence-electron chi connectivity index (χ3n) is 5.27. The smallest absolute Gasteiger partial charge is 0.255 e. The number of ketones is 1. The number of carbonyl (C=O) groups is 3. The van der Waals surface area contributed by atoms with Crippen molar-refractivity contribution in [3.8, 4) is 11.5 Å². The molecule has 2 aromatic rings. The Morgan fingerprint density at radius 3 is 2.42 bits per heavy atom. The fourth-order valence-corrected chi connectivity index (χ4v) is 3.66. The van der Waals surface area contributed by atoms with E-state index in [2.05, 4.69) is 10.3 Å². The number of anilines is 1. The fraction of sp³-hybridized carbons (Fsp3) is 0.364. The molecule has 9 nitrogen and oxygen atoms in total. The maximum absolute atomic E-state index is 12.6. The van der Waals surface area contributed by atoms with E-state index in [0.717, 1.165) is 0 Å². The molecule has 162 valence electrons. The van der Waals surface area contributed by atoms with Crippen LogP contribution < -0.4 is 14.8 Å². The van der Waals surface area contributed by atoms with Gasteiger partial charge in [-0.05, 0) is 25.1 Å². The van der Waals surface area contributed by atoms with Crippen LogP contribution in [0.5, 0.6) is 11.5 Å². The van der Waals surface area contributed by atoms with Gasteiger partial charge in [-0.3, -0.25) is 24.3 Å². The zero-order valence-electron chi connectivity index (χ0n) is 17.3. The molecule has 0 spiro atoms. The first-order chi connectivity index (χ1) is 15.0. The van der Waals surface area contributed by atoms with Gasteiger partial charge < -0.3 is 19.7 Å². The fourth-order valence-electron chi connectivity index (χ4n) is 3.66. The highest BCUT2D eigenvalue weighted by Crippen LogP contribution is 2.35. The van der Waals surface area contributed by atoms with Crippen LogP contribution in [-0.4, -0.2) is 78.3 Å². The number of Topliss-reactive ketones (excluding diaryl/α,β-unsaturated/α-hetero) is 1. The highest BCUT2D eigenvalue weighted by atomic mass is 16.6. The summed E-state index contributed by atoms with van der Waals surface area (Å²) in [6.45, 7) is 4.68. The van der Waals surface area contributed by atoms with Gasteiger partial charge in [0, 0.05) is 50.2 Å². The predicted molar refractivity (Wildman–Crippen MR) is 113 cm³/mol. The minimum atomic E-state index is -0.230. The SMILES string of the molecule is CC(=O)c1cc2c(cc1NC(=O)CN1CCN(C(=O)c3cccnc3)CC1)OCCO2. The number of nitrogens with one attached hydrogen (secondary N) is 1. The maximum Gasteiger partial charge on any atom is 0.255 e. The van der Waals surface area contributed by atoms with Crippen LogP contribution in [-0.2, 0) is 4.79 Å². The summed E-state index contributed by atoms with van der Waals surface area (Å²) < 4.78 is 11.1. The molecular formula is C22H24N4O5. The first-order valence-electron chi connectivity index (χ1n) is 10.2. The van der Waals surface area contributed by atoms with Gasteiger partial charge in [0.15, 0.2) is 17.3 Å². The van der Waals surface area contributed by atoms with Crippen LogP contribution in [0.2, 0.25) is 0 Å². The molecule has 1 aromatic heterocycles. The minimum Gasteiger partial charge on any atom is -0.486 e. The van der Waals surface area contributed by atoms with Gasteiger partial charge in [-0.1, -0.05) is 0 Å². The molecule has 0 unspecified atom stereocenters. The molecule has 9 heteroatoms. The molecule has 1 saturated heterocycles. The lowest BCUT2D eigenvalue weighted by Crippen LogP contribution is -2.50. The number of pyridine rings is 1. The second-order valence-electron chi connectivity index (χ2n) is 7.46. The number of fused-ring (bicyclic) bond motifs is 1. The molecule has 2 aliphatic rings. The van der Waals surface area contributed by atoms with Crippen LogP contribution in [0.4, 0.5) is 5.69 Å². The lowest BCUT2D eigenvalue weighted by Gasteiger charge is -2.34. The molecule has 4 rings (SSSR count). The van der Waals surface area contributed by atoms with Crippen molar-refractivity contribution in [2.45, 2.75) is 6.92 Å². The topological polar surface area (TPSA) is 101 Å². The van der Waals surface area contributed by atoms with E-state index < -0.39 is 0 Å². The quantitative estimate of drug-likeness (QED) is 0.725. The molecule has 0 saturated carbocycles. The van der Waals surface area contributed by atoms with E-state index in [-0.39, 0.29) is 24.1 Å². The third-order valence-corrected chi connectivity index (χ3v) is 5.27. The van der Waals surface area contributed by atoms with Crippen molar-refractivity contribution in [1.29, 1.82) is 0 Å². The number of carbonyl (C=O) groups excluding carboxylic acids is 3. The summed E-state index contributed by atoms with van der Waals surface area (Å²) in [6, 6.07) is 6.72. The van der Waals surface area contributed by atoms with Gasteiger partial charge in [-0.15, -0.1) is 0 Å². The lowest BCUT2D eigenvalue weighted by atomic mass is 10.1. The van der Waals surface area contributed by atoms with Crippen LogP contribution in [0.3, 0.4) is 0 Å². The molecular weight excluding hydrogens is 400 g/mol. The normalized spacial score (nSPS) is 16.0. The van der Waals surface area contributed by atoms with Gasteiger partial charge in [0.1, 0.15) is 13.2 Å². The summed E-state index contributed by atoms with van der Waals surface area (Å²) in [5.74, 6) is 0.554. The van der Waals surface area contributed by atoms with Crippen molar-refractivity contribution in [3.05, 3.63) is 47.8 Å². The molecule has 0 bridgehead atoms. The maximum atomic E-state index is 12.6. The first-order valence-corrected chi connectivity index (χ1v) is 10.2. The average Bonchev–Trinajstić information content (AvgIpc) is 2.79. The van der Waals surface area contributed by atoms with E-state index in [4.69, 9.17) is 9.47 Å². The highest BCUT2D eigenvalue weighted by Gasteiger charge is 2.24. The Morgan fingerprint density at radius 1 is 1.06 bits per heavy atom. The van der Waals surface area contributed by atoms with Crippen molar-refractivity contribution in [2.75, 3.05) is 51.3 Å². The summed E-state index contributed by atoms with van der Waals surface area (Å²) in [5.41, 5.74) is 1.35. The van der Waals surface area contributed by atoms with E-state index in [1.165, 1.54) is 6.92 Å². The van der Waals surface area contributed by atoms with Crippen LogP contribution >= 0.6 is 0 Å². The largest absolute Gasteiger partial charge is 0.486 e. The van der Waals surface area contributed by atoms with E-state index in [0.29, 0.717) is 67.7 Å². The first kappa shape index (κ1) is 20.8. The van der Waals surface area contributed by atoms with Crippen molar-refractivity contribution in [1.82, 2.24) is 14.8 Å². The molecule has 0 radical (unpaired) electrons. The third kappa shape index (κ3) is 4.83. The molecule has 3 heterocycles. The number of hydrogen-bond acceptors (Lipinski definition) is 7. The van der Waals surface area contributed by atoms with Crippen LogP contribution in [0.15, 0.2) is 36.7 Å². The van der Waals surface area contributed by atoms with E-state index >= 15 is 0 Å². The number of amides is 2. The molecule has 31 heavy (non-hydrogen) atoms. The standard InChI is InChI=1S/C22H24N4O5/c1-15(27)17-11-19-20(31-10-9-30-19)12-18(17)24-21(28)14-25-5-7-26(8-6-25)22(29)16-3-2-4-23-13-16/h2-4,11-13H,5-10,14H2,1H3,(H,24,28). The zero-order chi connectivity index (χ0) is 21.8. The number of hydrogen-bond donors (Lipinski definition) is 1. The summed E-state index contributed by atoms with van der Waals surface area (Å²) >= 11 is 0. The Kier molecular flexibility index (Phi) is 6.13. The van der Waals surface area contributed by atoms with Gasteiger partial charge >= 0.3 is 0 Å². The second-order valence-corrected chi connectivity index (χ2v) is 7.46. The van der Waals surface area contributed by atoms with Crippen molar-refractivity contribution in [3.63, 3.8) is 0 Å². The van der Waals surface area contributed by atoms with E-state index in [1.54, 1.807) is 41.6 Å². The Balaban J connectivity index is 1.35. The second kappa shape index (κ2) is 9.13. The van der Waals surface area contributed by atoms with Crippen LogP contribution in [0, 0.1) is 0 Å². The minimum absolute atomic E-state index is 0.0559. The summed E-state index contributed by atoms with van der Waals surface area (Å²) in [4.78, 5) is 44.9. The van der Waals surface area contributed by atoms with Gasteiger partial charge in [0.2, 0.25) is 5.91 Å². The Labute approximate surface area is 179 Å². The molecule has 0 atom stereocenters. The van der Waals surface area contributed by atoms with Gasteiger partial charge in [0.25, 0.3) is 5.91 Å². The number of ether oxygens (including phenoxy) is 2. The molecule has 2 aliphatic heterocycles. The molecule has 1 N–H and O–H groups in total. The van der Waals surface area contributed by atoms with E-state index in [1.807, 2.05) is 4.90 Å². The van der Waals surface area contributed by atoms with Gasteiger partial charge in [0.05, 0.1) is 17.8 Å². The molecule has 0 aliphatic carbocycles. The number of piperazine rings is 1. The number of rotatable bonds is 5. The summed E-state index contributed by atoms with van der Waals surface area (Å²) in [7, 11) is 0. The zero-order valence-corrected chi connectivity index (χ0v) is 17.3. The molecule has 2 amide bonds. The number of aromatic nitrogens is 1. The Morgan fingerprint density at radius 2 is 1.77 bits per heavy atom. The summed E-state index contributed by atoms with van der Waals surface area (Å²) in [6.07, 6.45) is 3.19. The predicted octanol–water partition coefficient (Wildman–Crippen LogP) is 1.45.